The van der Waals surface area contributed by atoms with Gasteiger partial charge in [-0.05, 0) is 60.9 Å². The molecule has 2 heterocycles. The second-order valence-corrected chi connectivity index (χ2v) is 7.79. The van der Waals surface area contributed by atoms with Gasteiger partial charge in [-0.25, -0.2) is 0 Å². The van der Waals surface area contributed by atoms with Gasteiger partial charge in [0, 0.05) is 17.3 Å². The summed E-state index contributed by atoms with van der Waals surface area (Å²) in [6, 6.07) is 2.59. The summed E-state index contributed by atoms with van der Waals surface area (Å²) < 4.78 is 0. The topological polar surface area (TPSA) is 20.3 Å². The first-order valence-corrected chi connectivity index (χ1v) is 9.02. The lowest BCUT2D eigenvalue weighted by Crippen LogP contribution is -2.43. The van der Waals surface area contributed by atoms with Gasteiger partial charge in [-0.15, -0.1) is 11.3 Å². The van der Waals surface area contributed by atoms with Crippen molar-refractivity contribution in [2.75, 3.05) is 6.54 Å². The minimum atomic E-state index is 0.344. The van der Waals surface area contributed by atoms with Crippen LogP contribution in [0.1, 0.15) is 55.5 Å². The van der Waals surface area contributed by atoms with Crippen LogP contribution < -0.4 is 0 Å². The van der Waals surface area contributed by atoms with Crippen molar-refractivity contribution in [3.05, 3.63) is 21.9 Å². The molecule has 2 nitrogen and oxygen atoms in total. The summed E-state index contributed by atoms with van der Waals surface area (Å²) in [6.45, 7) is 3.16. The predicted octanol–water partition coefficient (Wildman–Crippen LogP) is 4.02. The van der Waals surface area contributed by atoms with Crippen LogP contribution in [0.4, 0.5) is 0 Å². The van der Waals surface area contributed by atoms with E-state index < -0.39 is 0 Å². The molecular weight excluding hydrogens is 266 g/mol. The number of hydrogen-bond donors (Lipinski definition) is 0. The summed E-state index contributed by atoms with van der Waals surface area (Å²) in [5.74, 6) is 2.38. The highest BCUT2D eigenvalue weighted by Gasteiger charge is 2.45. The molecule has 1 aromatic heterocycles. The van der Waals surface area contributed by atoms with Gasteiger partial charge < -0.3 is 4.90 Å². The average Bonchev–Trinajstić information content (AvgIpc) is 3.20. The van der Waals surface area contributed by atoms with Gasteiger partial charge in [0.05, 0.1) is 6.04 Å². The van der Waals surface area contributed by atoms with Gasteiger partial charge in [-0.2, -0.15) is 0 Å². The monoisotopic (exact) mass is 289 g/mol. The molecule has 2 aliphatic carbocycles. The first-order chi connectivity index (χ1) is 9.78. The fraction of sp³-hybridized carbons (Fsp3) is 0.706. The zero-order valence-electron chi connectivity index (χ0n) is 12.2. The molecule has 3 heteroatoms. The Morgan fingerprint density at radius 3 is 3.00 bits per heavy atom. The van der Waals surface area contributed by atoms with Crippen LogP contribution in [0.2, 0.25) is 0 Å². The largest absolute Gasteiger partial charge is 0.335 e. The number of nitrogens with zero attached hydrogens (tertiary/aromatic N) is 1. The fourth-order valence-corrected chi connectivity index (χ4v) is 5.79. The SMILES string of the molecule is CC[C@H]1c2ccsc2CCN1C(=O)[C@H]1C[C@H]2CC[C@H]1C2. The molecule has 2 saturated carbocycles. The lowest BCUT2D eigenvalue weighted by atomic mass is 9.86. The first kappa shape index (κ1) is 12.9. The molecule has 0 N–H and O–H groups in total. The smallest absolute Gasteiger partial charge is 0.226 e. The normalized spacial score (nSPS) is 35.4. The first-order valence-electron chi connectivity index (χ1n) is 8.14. The van der Waals surface area contributed by atoms with Gasteiger partial charge in [0.25, 0.3) is 0 Å². The molecule has 3 aliphatic rings. The van der Waals surface area contributed by atoms with Crippen molar-refractivity contribution in [3.63, 3.8) is 0 Å². The maximum Gasteiger partial charge on any atom is 0.226 e. The molecule has 108 valence electrons. The van der Waals surface area contributed by atoms with Crippen LogP contribution >= 0.6 is 11.3 Å². The summed E-state index contributed by atoms with van der Waals surface area (Å²) in [5, 5.41) is 2.19. The van der Waals surface area contributed by atoms with Gasteiger partial charge in [0.15, 0.2) is 0 Å². The summed E-state index contributed by atoms with van der Waals surface area (Å²) in [5.41, 5.74) is 1.43. The third-order valence-electron chi connectivity index (χ3n) is 5.82. The summed E-state index contributed by atoms with van der Waals surface area (Å²) in [4.78, 5) is 16.8. The Bertz CT molecular complexity index is 523. The quantitative estimate of drug-likeness (QED) is 0.805. The highest BCUT2D eigenvalue weighted by Crippen LogP contribution is 2.50. The number of rotatable bonds is 2. The van der Waals surface area contributed by atoms with E-state index in [1.807, 2.05) is 11.3 Å². The molecular formula is C17H23NOS. The van der Waals surface area contributed by atoms with Crippen molar-refractivity contribution in [3.8, 4) is 0 Å². The van der Waals surface area contributed by atoms with E-state index >= 15 is 0 Å². The molecule has 0 aromatic carbocycles. The molecule has 2 fully saturated rings. The van der Waals surface area contributed by atoms with Crippen molar-refractivity contribution < 1.29 is 4.79 Å². The molecule has 4 rings (SSSR count). The van der Waals surface area contributed by atoms with Crippen molar-refractivity contribution in [2.45, 2.75) is 51.5 Å². The van der Waals surface area contributed by atoms with Crippen molar-refractivity contribution in [1.82, 2.24) is 4.90 Å². The highest BCUT2D eigenvalue weighted by atomic mass is 32.1. The lowest BCUT2D eigenvalue weighted by Gasteiger charge is -2.38. The molecule has 0 unspecified atom stereocenters. The van der Waals surface area contributed by atoms with Crippen LogP contribution in [0.15, 0.2) is 11.4 Å². The molecule has 0 spiro atoms. The van der Waals surface area contributed by atoms with E-state index in [2.05, 4.69) is 23.3 Å². The van der Waals surface area contributed by atoms with Gasteiger partial charge in [-0.1, -0.05) is 13.3 Å². The molecule has 1 amide bonds. The Morgan fingerprint density at radius 2 is 2.30 bits per heavy atom. The van der Waals surface area contributed by atoms with Crippen LogP contribution in [0.25, 0.3) is 0 Å². The van der Waals surface area contributed by atoms with E-state index in [-0.39, 0.29) is 0 Å². The third-order valence-corrected chi connectivity index (χ3v) is 6.82. The number of fused-ring (bicyclic) bond motifs is 3. The predicted molar refractivity (Wildman–Crippen MR) is 81.7 cm³/mol. The van der Waals surface area contributed by atoms with Crippen LogP contribution in [0, 0.1) is 17.8 Å². The number of carbonyl (C=O) groups excluding carboxylic acids is 1. The minimum absolute atomic E-state index is 0.344. The van der Waals surface area contributed by atoms with E-state index in [1.54, 1.807) is 0 Å². The van der Waals surface area contributed by atoms with Crippen LogP contribution in [0.3, 0.4) is 0 Å². The number of hydrogen-bond acceptors (Lipinski definition) is 2. The standard InChI is InChI=1S/C17H23NOS/c1-2-15-13-6-8-20-16(13)5-7-18(15)17(19)14-10-11-3-4-12(14)9-11/h6,8,11-12,14-15H,2-5,7,9-10H2,1H3/t11-,12-,14-,15-/m0/s1. The van der Waals surface area contributed by atoms with E-state index in [0.717, 1.165) is 25.3 Å². The Hall–Kier alpha value is -0.830. The zero-order valence-corrected chi connectivity index (χ0v) is 13.0. The van der Waals surface area contributed by atoms with Crippen LogP contribution in [0.5, 0.6) is 0 Å². The molecule has 0 radical (unpaired) electrons. The van der Waals surface area contributed by atoms with Gasteiger partial charge >= 0.3 is 0 Å². The summed E-state index contributed by atoms with van der Waals surface area (Å²) in [7, 11) is 0. The van der Waals surface area contributed by atoms with Crippen molar-refractivity contribution >= 4 is 17.2 Å². The molecule has 2 bridgehead atoms. The minimum Gasteiger partial charge on any atom is -0.335 e. The number of carbonyl (C=O) groups is 1. The van der Waals surface area contributed by atoms with Gasteiger partial charge in [0.1, 0.15) is 0 Å². The van der Waals surface area contributed by atoms with Crippen LogP contribution in [-0.2, 0) is 11.2 Å². The van der Waals surface area contributed by atoms with Crippen LogP contribution in [-0.4, -0.2) is 17.4 Å². The third kappa shape index (κ3) is 1.86. The van der Waals surface area contributed by atoms with Gasteiger partial charge in [0.2, 0.25) is 5.91 Å². The zero-order chi connectivity index (χ0) is 13.7. The van der Waals surface area contributed by atoms with Gasteiger partial charge in [-0.3, -0.25) is 4.79 Å². The Labute approximate surface area is 125 Å². The summed E-state index contributed by atoms with van der Waals surface area (Å²) >= 11 is 1.86. The van der Waals surface area contributed by atoms with Crippen molar-refractivity contribution in [2.24, 2.45) is 17.8 Å². The Balaban J connectivity index is 1.57. The molecule has 1 aromatic rings. The highest BCUT2D eigenvalue weighted by molar-refractivity contribution is 7.10. The van der Waals surface area contributed by atoms with E-state index in [4.69, 9.17) is 0 Å². The molecule has 20 heavy (non-hydrogen) atoms. The average molecular weight is 289 g/mol. The molecule has 1 aliphatic heterocycles. The van der Waals surface area contributed by atoms with E-state index in [0.29, 0.717) is 23.8 Å². The van der Waals surface area contributed by atoms with E-state index in [1.165, 1.54) is 36.1 Å². The molecule has 4 atom stereocenters. The number of amides is 1. The lowest BCUT2D eigenvalue weighted by molar-refractivity contribution is -0.140. The number of thiophene rings is 1. The van der Waals surface area contributed by atoms with Crippen molar-refractivity contribution in [1.29, 1.82) is 0 Å². The maximum absolute atomic E-state index is 13.0. The fourth-order valence-electron chi connectivity index (χ4n) is 4.86. The molecule has 0 saturated heterocycles. The maximum atomic E-state index is 13.0. The second kappa shape index (κ2) is 4.87. The summed E-state index contributed by atoms with van der Waals surface area (Å²) in [6.07, 6.45) is 7.29. The second-order valence-electron chi connectivity index (χ2n) is 6.79. The Morgan fingerprint density at radius 1 is 1.40 bits per heavy atom. The Kier molecular flexibility index (Phi) is 3.13. The van der Waals surface area contributed by atoms with E-state index in [9.17, 15) is 4.79 Å².